The Morgan fingerprint density at radius 1 is 1.05 bits per heavy atom. The van der Waals surface area contributed by atoms with Gasteiger partial charge in [-0.05, 0) is 55.3 Å². The number of fused-ring (bicyclic) bond motifs is 1. The van der Waals surface area contributed by atoms with E-state index >= 15 is 4.39 Å². The lowest BCUT2D eigenvalue weighted by atomic mass is 10.1. The van der Waals surface area contributed by atoms with Crippen molar-refractivity contribution in [3.05, 3.63) is 96.1 Å². The van der Waals surface area contributed by atoms with Crippen LogP contribution in [0.15, 0.2) is 90.3 Å². The number of hydrogen-bond donors (Lipinski definition) is 3. The number of ether oxygens (including phenoxy) is 2. The van der Waals surface area contributed by atoms with E-state index < -0.39 is 17.8 Å². The van der Waals surface area contributed by atoms with Gasteiger partial charge in [-0.3, -0.25) is 25.0 Å². The summed E-state index contributed by atoms with van der Waals surface area (Å²) in [5.74, 6) is -0.541. The molecule has 9 nitrogen and oxygen atoms in total. The molecule has 0 spiro atoms. The van der Waals surface area contributed by atoms with Crippen molar-refractivity contribution >= 4 is 34.5 Å². The Balaban J connectivity index is 1.54. The van der Waals surface area contributed by atoms with E-state index in [-0.39, 0.29) is 35.2 Å². The number of aromatic nitrogens is 1. The molecule has 1 amide bonds. The van der Waals surface area contributed by atoms with Crippen LogP contribution in [0.5, 0.6) is 17.2 Å². The van der Waals surface area contributed by atoms with E-state index in [0.717, 1.165) is 6.07 Å². The monoisotopic (exact) mass is 572 g/mol. The fourth-order valence-corrected chi connectivity index (χ4v) is 4.08. The summed E-state index contributed by atoms with van der Waals surface area (Å²) in [5.41, 5.74) is 4.70. The molecule has 0 fully saturated rings. The molecular weight excluding hydrogens is 539 g/mol. The summed E-state index contributed by atoms with van der Waals surface area (Å²) < 4.78 is 26.2. The molecule has 0 radical (unpaired) electrons. The molecule has 3 N–H and O–H groups in total. The minimum atomic E-state index is -0.742. The van der Waals surface area contributed by atoms with Crippen molar-refractivity contribution in [3.8, 4) is 17.2 Å². The minimum Gasteiger partial charge on any atom is -0.497 e. The first kappa shape index (κ1) is 30.0. The van der Waals surface area contributed by atoms with Crippen LogP contribution in [0.3, 0.4) is 0 Å². The molecule has 0 saturated carbocycles. The summed E-state index contributed by atoms with van der Waals surface area (Å²) in [6, 6.07) is 20.0. The Morgan fingerprint density at radius 2 is 1.81 bits per heavy atom. The zero-order chi connectivity index (χ0) is 30.2. The number of amides is 1. The highest BCUT2D eigenvalue weighted by atomic mass is 19.1. The Kier molecular flexibility index (Phi) is 9.72. The topological polar surface area (TPSA) is 113 Å². The van der Waals surface area contributed by atoms with Crippen molar-refractivity contribution in [1.29, 1.82) is 0 Å². The highest BCUT2D eigenvalue weighted by molar-refractivity contribution is 6.17. The number of anilines is 2. The number of nitrogens with zero attached hydrogens (tertiary/aromatic N) is 2. The van der Waals surface area contributed by atoms with Crippen LogP contribution in [0.1, 0.15) is 20.8 Å². The van der Waals surface area contributed by atoms with E-state index in [2.05, 4.69) is 15.7 Å². The second-order valence-corrected chi connectivity index (χ2v) is 9.91. The molecule has 3 aromatic carbocycles. The number of methoxy groups -OCH3 is 1. The van der Waals surface area contributed by atoms with Gasteiger partial charge in [0.15, 0.2) is 17.9 Å². The van der Waals surface area contributed by atoms with Crippen LogP contribution in [0.4, 0.5) is 15.8 Å². The van der Waals surface area contributed by atoms with Gasteiger partial charge in [0.05, 0.1) is 31.0 Å². The number of rotatable bonds is 12. The van der Waals surface area contributed by atoms with Crippen LogP contribution < -0.4 is 20.2 Å². The van der Waals surface area contributed by atoms with Gasteiger partial charge in [-0.1, -0.05) is 32.0 Å². The molecule has 0 aliphatic carbocycles. The number of halogens is 1. The lowest BCUT2D eigenvalue weighted by Gasteiger charge is -2.31. The highest BCUT2D eigenvalue weighted by Crippen LogP contribution is 2.33. The van der Waals surface area contributed by atoms with E-state index in [1.54, 1.807) is 49.5 Å². The summed E-state index contributed by atoms with van der Waals surface area (Å²) in [6.07, 6.45) is 1.24. The van der Waals surface area contributed by atoms with Gasteiger partial charge in [0, 0.05) is 35.1 Å². The molecule has 4 rings (SSSR count). The van der Waals surface area contributed by atoms with Gasteiger partial charge in [-0.25, -0.2) is 4.39 Å². The number of hydrazine groups is 1. The molecule has 1 unspecified atom stereocenters. The van der Waals surface area contributed by atoms with E-state index in [9.17, 15) is 14.7 Å². The smallest absolute Gasteiger partial charge is 0.260 e. The first-order valence-electron chi connectivity index (χ1n) is 13.3. The van der Waals surface area contributed by atoms with Crippen LogP contribution in [-0.2, 0) is 9.59 Å². The number of benzene rings is 3. The van der Waals surface area contributed by atoms with Gasteiger partial charge in [0.1, 0.15) is 17.1 Å². The Morgan fingerprint density at radius 3 is 2.48 bits per heavy atom. The molecule has 42 heavy (non-hydrogen) atoms. The van der Waals surface area contributed by atoms with E-state index in [0.29, 0.717) is 34.4 Å². The Hall–Kier alpha value is -4.96. The van der Waals surface area contributed by atoms with Crippen molar-refractivity contribution in [2.45, 2.75) is 26.9 Å². The first-order valence-corrected chi connectivity index (χ1v) is 13.3. The zero-order valence-corrected chi connectivity index (χ0v) is 23.8. The van der Waals surface area contributed by atoms with Crippen molar-refractivity contribution in [2.75, 3.05) is 24.4 Å². The van der Waals surface area contributed by atoms with Crippen molar-refractivity contribution < 1.29 is 28.6 Å². The van der Waals surface area contributed by atoms with Gasteiger partial charge in [0.2, 0.25) is 0 Å². The van der Waals surface area contributed by atoms with Crippen LogP contribution >= 0.6 is 0 Å². The summed E-state index contributed by atoms with van der Waals surface area (Å²) in [5, 5.41) is 15.3. The van der Waals surface area contributed by atoms with Crippen molar-refractivity contribution in [2.24, 2.45) is 5.92 Å². The maximum Gasteiger partial charge on any atom is 0.260 e. The largest absolute Gasteiger partial charge is 0.497 e. The van der Waals surface area contributed by atoms with Crippen LogP contribution in [0.2, 0.25) is 0 Å². The van der Waals surface area contributed by atoms with Crippen molar-refractivity contribution in [3.63, 3.8) is 0 Å². The number of aliphatic hydroxyl groups is 1. The number of hydrogen-bond acceptors (Lipinski definition) is 8. The molecule has 1 heterocycles. The van der Waals surface area contributed by atoms with E-state index in [4.69, 9.17) is 9.47 Å². The maximum atomic E-state index is 15.1. The quantitative estimate of drug-likeness (QED) is 0.0629. The number of carbonyl (C=O) groups is 2. The zero-order valence-electron chi connectivity index (χ0n) is 23.8. The third kappa shape index (κ3) is 7.21. The number of aliphatic hydroxyl groups excluding tert-OH is 1. The van der Waals surface area contributed by atoms with Crippen LogP contribution in [-0.4, -0.2) is 47.1 Å². The number of carbonyl (C=O) groups excluding carboxylic acids is 2. The summed E-state index contributed by atoms with van der Waals surface area (Å²) in [4.78, 5) is 29.5. The summed E-state index contributed by atoms with van der Waals surface area (Å²) in [7, 11) is 1.56. The Labute approximate surface area is 243 Å². The molecule has 0 aliphatic rings. The molecule has 0 bridgehead atoms. The van der Waals surface area contributed by atoms with Gasteiger partial charge < -0.3 is 19.9 Å². The minimum absolute atomic E-state index is 0.0560. The second kappa shape index (κ2) is 13.6. The number of allylic oxidation sites excluding steroid dienone is 1. The van der Waals surface area contributed by atoms with Gasteiger partial charge in [-0.2, -0.15) is 0 Å². The highest BCUT2D eigenvalue weighted by Gasteiger charge is 2.22. The molecule has 218 valence electrons. The molecule has 1 aromatic heterocycles. The average molecular weight is 573 g/mol. The van der Waals surface area contributed by atoms with E-state index in [1.165, 1.54) is 12.1 Å². The fourth-order valence-electron chi connectivity index (χ4n) is 4.08. The molecular formula is C32H33FN4O5. The standard InChI is InChI=1S/C32H33FN4O5/c1-20(2)29(39)18-37(36-22-8-6-5-7-9-22)21(3)26(19-38)32(40)35-23-10-13-31(27(33)16-23)42-30-14-15-34-28-17-24(41-4)11-12-25(28)30/h5-17,19-20,29,36,39H,18H2,1-4H3,(H,35,40)/b26-21+. The number of pyridine rings is 1. The van der Waals surface area contributed by atoms with E-state index in [1.807, 2.05) is 44.2 Å². The van der Waals surface area contributed by atoms with Gasteiger partial charge in [0.25, 0.3) is 5.91 Å². The number of nitrogens with one attached hydrogen (secondary N) is 2. The third-order valence-corrected chi connectivity index (χ3v) is 6.65. The number of aldehydes is 1. The Bertz CT molecular complexity index is 1590. The molecule has 10 heteroatoms. The molecule has 0 aliphatic heterocycles. The predicted octanol–water partition coefficient (Wildman–Crippen LogP) is 5.93. The van der Waals surface area contributed by atoms with Gasteiger partial charge >= 0.3 is 0 Å². The normalized spacial score (nSPS) is 12.4. The summed E-state index contributed by atoms with van der Waals surface area (Å²) in [6.45, 7) is 5.45. The molecule has 4 aromatic rings. The fraction of sp³-hybridized carbons (Fsp3) is 0.219. The van der Waals surface area contributed by atoms with Crippen molar-refractivity contribution in [1.82, 2.24) is 9.99 Å². The maximum absolute atomic E-state index is 15.1. The predicted molar refractivity (Wildman–Crippen MR) is 160 cm³/mol. The van der Waals surface area contributed by atoms with Crippen LogP contribution in [0, 0.1) is 11.7 Å². The summed E-state index contributed by atoms with van der Waals surface area (Å²) >= 11 is 0. The number of para-hydroxylation sites is 1. The first-order chi connectivity index (χ1) is 20.2. The SMILES string of the molecule is COc1ccc2c(Oc3ccc(NC(=O)/C(C=O)=C(\C)N(CC(O)C(C)C)Nc4ccccc4)cc3F)ccnc2c1. The molecule has 1 atom stereocenters. The molecule has 0 saturated heterocycles. The van der Waals surface area contributed by atoms with Crippen LogP contribution in [0.25, 0.3) is 10.9 Å². The third-order valence-electron chi connectivity index (χ3n) is 6.65. The lowest BCUT2D eigenvalue weighted by molar-refractivity contribution is -0.115. The lowest BCUT2D eigenvalue weighted by Crippen LogP contribution is -2.39. The second-order valence-electron chi connectivity index (χ2n) is 9.91. The van der Waals surface area contributed by atoms with Gasteiger partial charge in [-0.15, -0.1) is 0 Å². The average Bonchev–Trinajstić information content (AvgIpc) is 2.98.